The molecule has 0 fully saturated rings. The lowest BCUT2D eigenvalue weighted by Gasteiger charge is -2.02. The molecule has 0 nitrogen and oxygen atoms in total. The molecule has 0 unspecified atom stereocenters. The van der Waals surface area contributed by atoms with Crippen LogP contribution in [0.2, 0.25) is 0 Å². The lowest BCUT2D eigenvalue weighted by Crippen LogP contribution is -1.84. The summed E-state index contributed by atoms with van der Waals surface area (Å²) in [6.45, 7) is 8.30. The average Bonchev–Trinajstić information content (AvgIpc) is 2.34. The minimum Gasteiger partial charge on any atom is -0.0951 e. The van der Waals surface area contributed by atoms with Crippen molar-refractivity contribution in [3.63, 3.8) is 0 Å². The molecule has 0 aromatic heterocycles. The Labute approximate surface area is 105 Å². The number of rotatable bonds is 2. The highest BCUT2D eigenvalue weighted by molar-refractivity contribution is 5.74. The summed E-state index contributed by atoms with van der Waals surface area (Å²) < 4.78 is 0. The van der Waals surface area contributed by atoms with Gasteiger partial charge in [-0.1, -0.05) is 56.0 Å². The van der Waals surface area contributed by atoms with Crippen LogP contribution in [-0.4, -0.2) is 0 Å². The molecule has 0 aliphatic heterocycles. The van der Waals surface area contributed by atoms with Crippen molar-refractivity contribution in [1.82, 2.24) is 0 Å². The molecule has 0 heterocycles. The Balaban J connectivity index is 3.06. The van der Waals surface area contributed by atoms with Crippen molar-refractivity contribution in [3.8, 4) is 11.8 Å². The Morgan fingerprint density at radius 3 is 2.59 bits per heavy atom. The van der Waals surface area contributed by atoms with E-state index in [1.807, 2.05) is 6.92 Å². The summed E-state index contributed by atoms with van der Waals surface area (Å²) in [4.78, 5) is 0. The second-order valence-electron chi connectivity index (χ2n) is 4.25. The third-order valence-electron chi connectivity index (χ3n) is 2.36. The van der Waals surface area contributed by atoms with Crippen LogP contribution < -0.4 is 0 Å². The Morgan fingerprint density at radius 1 is 1.24 bits per heavy atom. The van der Waals surface area contributed by atoms with Gasteiger partial charge in [0.2, 0.25) is 0 Å². The average molecular weight is 224 g/mol. The van der Waals surface area contributed by atoms with Crippen LogP contribution in [-0.2, 0) is 0 Å². The molecule has 17 heavy (non-hydrogen) atoms. The maximum absolute atomic E-state index is 3.20. The van der Waals surface area contributed by atoms with Gasteiger partial charge in [0.05, 0.1) is 0 Å². The van der Waals surface area contributed by atoms with Crippen molar-refractivity contribution < 1.29 is 0 Å². The smallest absolute Gasteiger partial charge is 0.0251 e. The van der Waals surface area contributed by atoms with Gasteiger partial charge in [0.25, 0.3) is 0 Å². The van der Waals surface area contributed by atoms with Crippen LogP contribution in [0.3, 0.4) is 0 Å². The first-order chi connectivity index (χ1) is 8.17. The van der Waals surface area contributed by atoms with Gasteiger partial charge in [-0.3, -0.25) is 0 Å². The van der Waals surface area contributed by atoms with Crippen LogP contribution in [0.25, 0.3) is 5.57 Å². The van der Waals surface area contributed by atoms with Crippen molar-refractivity contribution in [2.24, 2.45) is 5.92 Å². The standard InChI is InChI=1S/C17H20/c1-5-8-16(6-2)17-10-7-9-15(13-17)12-11-14(3)4/h5-10,13-14H,1-4H3/b8-5-,16-6+. The number of hydrogen-bond donors (Lipinski definition) is 0. The predicted molar refractivity (Wildman–Crippen MR) is 76.6 cm³/mol. The second kappa shape index (κ2) is 6.76. The quantitative estimate of drug-likeness (QED) is 0.505. The molecule has 88 valence electrons. The van der Waals surface area contributed by atoms with Gasteiger partial charge in [-0.15, -0.1) is 0 Å². The van der Waals surface area contributed by atoms with Gasteiger partial charge < -0.3 is 0 Å². The SMILES string of the molecule is C/C=C\C(=C/C)c1cccc(C#CC(C)C)c1. The molecule has 0 amide bonds. The molecule has 1 rings (SSSR count). The first-order valence-corrected chi connectivity index (χ1v) is 6.08. The van der Waals surface area contributed by atoms with Gasteiger partial charge in [0.1, 0.15) is 0 Å². The maximum atomic E-state index is 3.20. The summed E-state index contributed by atoms with van der Waals surface area (Å²) in [5, 5.41) is 0. The summed E-state index contributed by atoms with van der Waals surface area (Å²) in [7, 11) is 0. The van der Waals surface area contributed by atoms with Crippen LogP contribution in [0.1, 0.15) is 38.8 Å². The second-order valence-corrected chi connectivity index (χ2v) is 4.25. The van der Waals surface area contributed by atoms with E-state index in [4.69, 9.17) is 0 Å². The van der Waals surface area contributed by atoms with E-state index < -0.39 is 0 Å². The Bertz CT molecular complexity index is 476. The molecule has 1 aromatic carbocycles. The molecule has 0 heteroatoms. The zero-order valence-corrected chi connectivity index (χ0v) is 11.1. The highest BCUT2D eigenvalue weighted by Crippen LogP contribution is 2.17. The molecule has 0 radical (unpaired) electrons. The van der Waals surface area contributed by atoms with Gasteiger partial charge in [-0.05, 0) is 37.1 Å². The van der Waals surface area contributed by atoms with E-state index in [-0.39, 0.29) is 0 Å². The fourth-order valence-corrected chi connectivity index (χ4v) is 1.54. The number of hydrogen-bond acceptors (Lipinski definition) is 0. The van der Waals surface area contributed by atoms with E-state index in [2.05, 4.69) is 75.1 Å². The van der Waals surface area contributed by atoms with E-state index in [1.54, 1.807) is 0 Å². The molecule has 0 aliphatic carbocycles. The Kier molecular flexibility index (Phi) is 5.30. The summed E-state index contributed by atoms with van der Waals surface area (Å²) in [6, 6.07) is 8.38. The lowest BCUT2D eigenvalue weighted by molar-refractivity contribution is 0.866. The van der Waals surface area contributed by atoms with Gasteiger partial charge in [0.15, 0.2) is 0 Å². The predicted octanol–water partition coefficient (Wildman–Crippen LogP) is 4.67. The lowest BCUT2D eigenvalue weighted by atomic mass is 10.0. The summed E-state index contributed by atoms with van der Waals surface area (Å²) in [6.07, 6.45) is 6.30. The molecule has 0 bridgehead atoms. The van der Waals surface area contributed by atoms with E-state index >= 15 is 0 Å². The van der Waals surface area contributed by atoms with E-state index in [9.17, 15) is 0 Å². The van der Waals surface area contributed by atoms with E-state index in [1.165, 1.54) is 11.1 Å². The van der Waals surface area contributed by atoms with Crippen LogP contribution in [0.5, 0.6) is 0 Å². The highest BCUT2D eigenvalue weighted by atomic mass is 14.0. The zero-order valence-electron chi connectivity index (χ0n) is 11.1. The van der Waals surface area contributed by atoms with E-state index in [0.717, 1.165) is 5.56 Å². The third-order valence-corrected chi connectivity index (χ3v) is 2.36. The topological polar surface area (TPSA) is 0 Å². The molecule has 0 saturated heterocycles. The minimum absolute atomic E-state index is 0.412. The molecule has 1 aromatic rings. The Hall–Kier alpha value is -1.74. The first kappa shape index (κ1) is 13.3. The molecule has 0 saturated carbocycles. The molecular formula is C17H20. The van der Waals surface area contributed by atoms with Crippen LogP contribution in [0.4, 0.5) is 0 Å². The minimum atomic E-state index is 0.412. The van der Waals surface area contributed by atoms with Crippen molar-refractivity contribution in [1.29, 1.82) is 0 Å². The van der Waals surface area contributed by atoms with Gasteiger partial charge in [0, 0.05) is 11.5 Å². The van der Waals surface area contributed by atoms with Crippen LogP contribution in [0.15, 0.2) is 42.5 Å². The summed E-state index contributed by atoms with van der Waals surface area (Å²) in [5.41, 5.74) is 3.54. The molecule has 0 atom stereocenters. The fourth-order valence-electron chi connectivity index (χ4n) is 1.54. The molecule has 0 spiro atoms. The molecule has 0 N–H and O–H groups in total. The normalized spacial score (nSPS) is 11.7. The van der Waals surface area contributed by atoms with Crippen molar-refractivity contribution in [2.75, 3.05) is 0 Å². The van der Waals surface area contributed by atoms with Crippen molar-refractivity contribution >= 4 is 5.57 Å². The Morgan fingerprint density at radius 2 is 2.00 bits per heavy atom. The molecular weight excluding hydrogens is 204 g/mol. The largest absolute Gasteiger partial charge is 0.0951 e. The third kappa shape index (κ3) is 4.33. The van der Waals surface area contributed by atoms with Gasteiger partial charge >= 0.3 is 0 Å². The fraction of sp³-hybridized carbons (Fsp3) is 0.294. The first-order valence-electron chi connectivity index (χ1n) is 6.08. The van der Waals surface area contributed by atoms with E-state index in [0.29, 0.717) is 5.92 Å². The number of allylic oxidation sites excluding steroid dienone is 4. The van der Waals surface area contributed by atoms with Gasteiger partial charge in [-0.25, -0.2) is 0 Å². The van der Waals surface area contributed by atoms with Crippen LogP contribution >= 0.6 is 0 Å². The zero-order chi connectivity index (χ0) is 12.7. The molecule has 0 aliphatic rings. The highest BCUT2D eigenvalue weighted by Gasteiger charge is 1.97. The van der Waals surface area contributed by atoms with Crippen molar-refractivity contribution in [3.05, 3.63) is 53.6 Å². The van der Waals surface area contributed by atoms with Gasteiger partial charge in [-0.2, -0.15) is 0 Å². The number of benzene rings is 1. The van der Waals surface area contributed by atoms with Crippen molar-refractivity contribution in [2.45, 2.75) is 27.7 Å². The van der Waals surface area contributed by atoms with Crippen LogP contribution in [0, 0.1) is 17.8 Å². The summed E-state index contributed by atoms with van der Waals surface area (Å²) >= 11 is 0. The monoisotopic (exact) mass is 224 g/mol. The maximum Gasteiger partial charge on any atom is 0.0251 e. The summed E-state index contributed by atoms with van der Waals surface area (Å²) in [5.74, 6) is 6.81.